The van der Waals surface area contributed by atoms with Gasteiger partial charge in [-0.25, -0.2) is 0 Å². The number of likely N-dealkylation sites (tertiary alicyclic amines) is 1. The van der Waals surface area contributed by atoms with E-state index in [1.54, 1.807) is 0 Å². The van der Waals surface area contributed by atoms with E-state index >= 15 is 0 Å². The first-order valence-corrected chi connectivity index (χ1v) is 7.07. The average molecular weight is 308 g/mol. The minimum Gasteiger partial charge on any atom is -0.392 e. The number of β-amino-alcohol motifs (C(OH)–C–C–N with tert-alkyl or cyclic N) is 1. The molecule has 7 nitrogen and oxygen atoms in total. The molecule has 7 heteroatoms. The van der Waals surface area contributed by atoms with Gasteiger partial charge in [-0.3, -0.25) is 9.59 Å². The lowest BCUT2D eigenvalue weighted by Gasteiger charge is -2.24. The molecule has 22 heavy (non-hydrogen) atoms. The first kappa shape index (κ1) is 16.4. The fourth-order valence-corrected chi connectivity index (χ4v) is 2.67. The van der Waals surface area contributed by atoms with E-state index in [2.05, 4.69) is 0 Å². The van der Waals surface area contributed by atoms with Gasteiger partial charge < -0.3 is 26.0 Å². The molecule has 0 spiro atoms. The van der Waals surface area contributed by atoms with Crippen molar-refractivity contribution in [3.63, 3.8) is 0 Å². The molecule has 1 aliphatic rings. The lowest BCUT2D eigenvalue weighted by molar-refractivity contribution is -0.140. The van der Waals surface area contributed by atoms with Crippen LogP contribution in [0.15, 0.2) is 30.3 Å². The highest BCUT2D eigenvalue weighted by Gasteiger charge is 2.45. The van der Waals surface area contributed by atoms with Gasteiger partial charge in [0.25, 0.3) is 0 Å². The summed E-state index contributed by atoms with van der Waals surface area (Å²) >= 11 is 0. The number of aliphatic hydroxyl groups excluding tert-OH is 3. The highest BCUT2D eigenvalue weighted by Crippen LogP contribution is 2.20. The third kappa shape index (κ3) is 3.62. The number of amides is 2. The highest BCUT2D eigenvalue weighted by molar-refractivity contribution is 5.88. The second kappa shape index (κ2) is 6.87. The SMILES string of the molecule is NC(=O)[C@H]1[C@@H](O)[C@@H](O)CN1C(=O)CC(O)Cc1ccccc1. The maximum atomic E-state index is 12.2. The van der Waals surface area contributed by atoms with Crippen molar-refractivity contribution in [3.05, 3.63) is 35.9 Å². The Balaban J connectivity index is 1.97. The number of hydrogen-bond acceptors (Lipinski definition) is 5. The molecule has 1 saturated heterocycles. The molecular weight excluding hydrogens is 288 g/mol. The van der Waals surface area contributed by atoms with Crippen LogP contribution in [0.5, 0.6) is 0 Å². The first-order valence-electron chi connectivity index (χ1n) is 7.07. The van der Waals surface area contributed by atoms with Gasteiger partial charge in [0.15, 0.2) is 0 Å². The topological polar surface area (TPSA) is 124 Å². The third-order valence-corrected chi connectivity index (χ3v) is 3.77. The summed E-state index contributed by atoms with van der Waals surface area (Å²) < 4.78 is 0. The summed E-state index contributed by atoms with van der Waals surface area (Å²) in [4.78, 5) is 24.6. The summed E-state index contributed by atoms with van der Waals surface area (Å²) in [6, 6.07) is 7.93. The van der Waals surface area contributed by atoms with Crippen molar-refractivity contribution in [1.29, 1.82) is 0 Å². The second-order valence-electron chi connectivity index (χ2n) is 5.50. The first-order chi connectivity index (χ1) is 10.4. The standard InChI is InChI=1S/C15H20N2O5/c16-15(22)13-14(21)11(19)8-17(13)12(20)7-10(18)6-9-4-2-1-3-5-9/h1-5,10-11,13-14,18-19,21H,6-8H2,(H2,16,22)/t10?,11-,13+,14-/m0/s1. The summed E-state index contributed by atoms with van der Waals surface area (Å²) in [6.45, 7) is -0.175. The number of primary amides is 1. The van der Waals surface area contributed by atoms with Crippen molar-refractivity contribution in [2.75, 3.05) is 6.54 Å². The Morgan fingerprint density at radius 2 is 1.91 bits per heavy atom. The highest BCUT2D eigenvalue weighted by atomic mass is 16.3. The molecule has 2 amide bonds. The number of carbonyl (C=O) groups excluding carboxylic acids is 2. The van der Waals surface area contributed by atoms with Crippen LogP contribution < -0.4 is 5.73 Å². The number of rotatable bonds is 5. The summed E-state index contributed by atoms with van der Waals surface area (Å²) in [7, 11) is 0. The molecule has 1 unspecified atom stereocenters. The zero-order valence-electron chi connectivity index (χ0n) is 12.0. The summed E-state index contributed by atoms with van der Waals surface area (Å²) in [6.07, 6.45) is -3.44. The van der Waals surface area contributed by atoms with Gasteiger partial charge in [0, 0.05) is 0 Å². The number of nitrogens with zero attached hydrogens (tertiary/aromatic N) is 1. The summed E-state index contributed by atoms with van der Waals surface area (Å²) in [5.41, 5.74) is 6.05. The molecule has 4 atom stereocenters. The lowest BCUT2D eigenvalue weighted by Crippen LogP contribution is -2.49. The molecule has 1 heterocycles. The number of aliphatic hydroxyl groups is 3. The predicted molar refractivity (Wildman–Crippen MR) is 77.5 cm³/mol. The second-order valence-corrected chi connectivity index (χ2v) is 5.50. The van der Waals surface area contributed by atoms with Crippen molar-refractivity contribution in [2.24, 2.45) is 5.73 Å². The Labute approximate surface area is 128 Å². The fourth-order valence-electron chi connectivity index (χ4n) is 2.67. The van der Waals surface area contributed by atoms with Crippen LogP contribution in [-0.2, 0) is 16.0 Å². The van der Waals surface area contributed by atoms with Crippen molar-refractivity contribution >= 4 is 11.8 Å². The monoisotopic (exact) mass is 308 g/mol. The van der Waals surface area contributed by atoms with Crippen molar-refractivity contribution in [1.82, 2.24) is 4.90 Å². The Morgan fingerprint density at radius 1 is 1.27 bits per heavy atom. The van der Waals surface area contributed by atoms with E-state index in [0.29, 0.717) is 6.42 Å². The molecule has 1 aliphatic heterocycles. The van der Waals surface area contributed by atoms with Crippen LogP contribution in [0.25, 0.3) is 0 Å². The van der Waals surface area contributed by atoms with E-state index in [1.165, 1.54) is 0 Å². The van der Waals surface area contributed by atoms with E-state index in [-0.39, 0.29) is 13.0 Å². The van der Waals surface area contributed by atoms with Crippen molar-refractivity contribution in [3.8, 4) is 0 Å². The molecule has 120 valence electrons. The van der Waals surface area contributed by atoms with E-state index in [0.717, 1.165) is 10.5 Å². The number of benzene rings is 1. The molecular formula is C15H20N2O5. The minimum atomic E-state index is -1.40. The molecule has 2 rings (SSSR count). The largest absolute Gasteiger partial charge is 0.392 e. The Hall–Kier alpha value is -1.96. The number of carbonyl (C=O) groups is 2. The van der Waals surface area contributed by atoms with Gasteiger partial charge in [0.2, 0.25) is 11.8 Å². The fraction of sp³-hybridized carbons (Fsp3) is 0.467. The van der Waals surface area contributed by atoms with Gasteiger partial charge in [-0.2, -0.15) is 0 Å². The number of nitrogens with two attached hydrogens (primary N) is 1. The molecule has 0 aliphatic carbocycles. The zero-order valence-corrected chi connectivity index (χ0v) is 12.0. The van der Waals surface area contributed by atoms with E-state index in [1.807, 2.05) is 30.3 Å². The van der Waals surface area contributed by atoms with Crippen LogP contribution in [0, 0.1) is 0 Å². The van der Waals surface area contributed by atoms with Gasteiger partial charge in [-0.15, -0.1) is 0 Å². The molecule has 1 aromatic rings. The summed E-state index contributed by atoms with van der Waals surface area (Å²) in [5, 5.41) is 29.3. The maximum absolute atomic E-state index is 12.2. The quantitative estimate of drug-likeness (QED) is 0.521. The van der Waals surface area contributed by atoms with E-state index in [4.69, 9.17) is 5.73 Å². The molecule has 0 bridgehead atoms. The van der Waals surface area contributed by atoms with Gasteiger partial charge >= 0.3 is 0 Å². The van der Waals surface area contributed by atoms with Gasteiger partial charge in [0.1, 0.15) is 12.1 Å². The van der Waals surface area contributed by atoms with Crippen LogP contribution >= 0.6 is 0 Å². The van der Waals surface area contributed by atoms with Crippen molar-refractivity contribution in [2.45, 2.75) is 37.2 Å². The predicted octanol–water partition coefficient (Wildman–Crippen LogP) is -1.60. The number of hydrogen-bond donors (Lipinski definition) is 4. The molecule has 1 fully saturated rings. The molecule has 1 aromatic carbocycles. The van der Waals surface area contributed by atoms with Crippen LogP contribution in [-0.4, -0.2) is 62.9 Å². The van der Waals surface area contributed by atoms with Crippen molar-refractivity contribution < 1.29 is 24.9 Å². The normalized spacial score (nSPS) is 26.0. The maximum Gasteiger partial charge on any atom is 0.243 e. The van der Waals surface area contributed by atoms with Crippen LogP contribution in [0.3, 0.4) is 0 Å². The minimum absolute atomic E-state index is 0.175. The molecule has 5 N–H and O–H groups in total. The van der Waals surface area contributed by atoms with Crippen LogP contribution in [0.4, 0.5) is 0 Å². The van der Waals surface area contributed by atoms with Gasteiger partial charge in [0.05, 0.1) is 25.2 Å². The lowest BCUT2D eigenvalue weighted by atomic mass is 10.0. The van der Waals surface area contributed by atoms with E-state index in [9.17, 15) is 24.9 Å². The third-order valence-electron chi connectivity index (χ3n) is 3.77. The van der Waals surface area contributed by atoms with Crippen LogP contribution in [0.1, 0.15) is 12.0 Å². The molecule has 0 radical (unpaired) electrons. The summed E-state index contributed by atoms with van der Waals surface area (Å²) in [5.74, 6) is -1.40. The zero-order chi connectivity index (χ0) is 16.3. The van der Waals surface area contributed by atoms with Gasteiger partial charge in [-0.05, 0) is 12.0 Å². The van der Waals surface area contributed by atoms with E-state index < -0.39 is 36.2 Å². The van der Waals surface area contributed by atoms with Crippen LogP contribution in [0.2, 0.25) is 0 Å². The molecule has 0 aromatic heterocycles. The Kier molecular flexibility index (Phi) is 5.12. The smallest absolute Gasteiger partial charge is 0.243 e. The Bertz CT molecular complexity index is 536. The average Bonchev–Trinajstić information content (AvgIpc) is 2.76. The Morgan fingerprint density at radius 3 is 2.50 bits per heavy atom. The molecule has 0 saturated carbocycles. The van der Waals surface area contributed by atoms with Gasteiger partial charge in [-0.1, -0.05) is 30.3 Å².